The number of hydrogen-bond donors (Lipinski definition) is 2. The molecule has 2 aromatic carbocycles. The second-order valence-electron chi connectivity index (χ2n) is 7.03. The molecule has 0 spiro atoms. The number of morpholine rings is 1. The molecule has 1 aliphatic heterocycles. The first-order valence-corrected chi connectivity index (χ1v) is 12.6. The summed E-state index contributed by atoms with van der Waals surface area (Å²) >= 11 is 0. The van der Waals surface area contributed by atoms with Gasteiger partial charge in [0.15, 0.2) is 0 Å². The van der Waals surface area contributed by atoms with Crippen LogP contribution in [0.3, 0.4) is 0 Å². The highest BCUT2D eigenvalue weighted by atomic mass is 32.2. The van der Waals surface area contributed by atoms with Crippen molar-refractivity contribution in [2.75, 3.05) is 31.0 Å². The number of anilines is 1. The lowest BCUT2D eigenvalue weighted by Crippen LogP contribution is -2.40. The first-order chi connectivity index (χ1) is 14.6. The van der Waals surface area contributed by atoms with E-state index in [-0.39, 0.29) is 34.1 Å². The van der Waals surface area contributed by atoms with Crippen LogP contribution in [0.4, 0.5) is 5.69 Å². The van der Waals surface area contributed by atoms with Gasteiger partial charge >= 0.3 is 5.97 Å². The molecule has 2 aromatic rings. The van der Waals surface area contributed by atoms with Crippen molar-refractivity contribution in [2.24, 2.45) is 0 Å². The second kappa shape index (κ2) is 9.35. The number of carbonyl (C=O) groups is 1. The first-order valence-electron chi connectivity index (χ1n) is 9.72. The molecule has 0 aromatic heterocycles. The number of carboxylic acids is 1. The fourth-order valence-electron chi connectivity index (χ4n) is 3.23. The van der Waals surface area contributed by atoms with Gasteiger partial charge in [-0.2, -0.15) is 4.31 Å². The molecule has 0 atom stereocenters. The summed E-state index contributed by atoms with van der Waals surface area (Å²) in [5.41, 5.74) is 0.582. The molecule has 1 saturated heterocycles. The summed E-state index contributed by atoms with van der Waals surface area (Å²) in [5, 5.41) is 9.46. The summed E-state index contributed by atoms with van der Waals surface area (Å²) in [6, 6.07) is 9.35. The van der Waals surface area contributed by atoms with E-state index in [1.807, 2.05) is 6.92 Å². The fourth-order valence-corrected chi connectivity index (χ4v) is 5.72. The van der Waals surface area contributed by atoms with E-state index in [0.29, 0.717) is 19.6 Å². The Morgan fingerprint density at radius 1 is 1.03 bits per heavy atom. The summed E-state index contributed by atoms with van der Waals surface area (Å²) < 4.78 is 59.6. The molecule has 0 unspecified atom stereocenters. The van der Waals surface area contributed by atoms with Crippen molar-refractivity contribution < 1.29 is 31.5 Å². The van der Waals surface area contributed by atoms with Gasteiger partial charge in [-0.3, -0.25) is 4.72 Å². The van der Waals surface area contributed by atoms with E-state index < -0.39 is 26.0 Å². The molecular weight excluding hydrogens is 444 g/mol. The SMILES string of the molecule is CCCc1ccc(NS(=O)(=O)c2ccc(S(=O)(=O)N3CCOCC3)cc2)c(C(=O)O)c1. The number of hydrogen-bond acceptors (Lipinski definition) is 6. The molecule has 0 radical (unpaired) electrons. The van der Waals surface area contributed by atoms with Crippen LogP contribution in [0.25, 0.3) is 0 Å². The third-order valence-electron chi connectivity index (χ3n) is 4.84. The first kappa shape index (κ1) is 23.2. The third kappa shape index (κ3) is 5.24. The number of rotatable bonds is 8. The van der Waals surface area contributed by atoms with E-state index in [9.17, 15) is 26.7 Å². The fraction of sp³-hybridized carbons (Fsp3) is 0.350. The summed E-state index contributed by atoms with van der Waals surface area (Å²) in [6.07, 6.45) is 1.50. The normalized spacial score (nSPS) is 15.5. The van der Waals surface area contributed by atoms with Gasteiger partial charge in [-0.1, -0.05) is 19.4 Å². The van der Waals surface area contributed by atoms with Gasteiger partial charge in [-0.05, 0) is 48.4 Å². The molecule has 0 amide bonds. The molecule has 0 aliphatic carbocycles. The number of nitrogens with one attached hydrogen (secondary N) is 1. The lowest BCUT2D eigenvalue weighted by Gasteiger charge is -2.26. The number of aryl methyl sites for hydroxylation is 1. The Bertz CT molecular complexity index is 1150. The summed E-state index contributed by atoms with van der Waals surface area (Å²) in [5.74, 6) is -1.25. The zero-order valence-corrected chi connectivity index (χ0v) is 18.6. The minimum atomic E-state index is -4.12. The molecule has 168 valence electrons. The van der Waals surface area contributed by atoms with Crippen LogP contribution in [0, 0.1) is 0 Å². The molecule has 11 heteroatoms. The van der Waals surface area contributed by atoms with Crippen molar-refractivity contribution in [2.45, 2.75) is 29.6 Å². The second-order valence-corrected chi connectivity index (χ2v) is 10.6. The minimum absolute atomic E-state index is 0.0245. The van der Waals surface area contributed by atoms with Crippen molar-refractivity contribution in [1.29, 1.82) is 0 Å². The topological polar surface area (TPSA) is 130 Å². The number of sulfonamides is 2. The average molecular weight is 469 g/mol. The van der Waals surface area contributed by atoms with Gasteiger partial charge in [-0.25, -0.2) is 21.6 Å². The quantitative estimate of drug-likeness (QED) is 0.607. The molecule has 1 fully saturated rings. The van der Waals surface area contributed by atoms with E-state index in [2.05, 4.69) is 4.72 Å². The summed E-state index contributed by atoms with van der Waals surface area (Å²) in [6.45, 7) is 3.03. The molecular formula is C20H24N2O7S2. The lowest BCUT2D eigenvalue weighted by atomic mass is 10.1. The van der Waals surface area contributed by atoms with Gasteiger partial charge < -0.3 is 9.84 Å². The number of aromatic carboxylic acids is 1. The van der Waals surface area contributed by atoms with Crippen LogP contribution in [-0.2, 0) is 31.2 Å². The van der Waals surface area contributed by atoms with Crippen LogP contribution in [-0.4, -0.2) is 58.5 Å². The lowest BCUT2D eigenvalue weighted by molar-refractivity contribution is 0.0698. The molecule has 31 heavy (non-hydrogen) atoms. The highest BCUT2D eigenvalue weighted by molar-refractivity contribution is 7.92. The Morgan fingerprint density at radius 3 is 2.23 bits per heavy atom. The number of benzene rings is 2. The molecule has 1 heterocycles. The van der Waals surface area contributed by atoms with Crippen LogP contribution < -0.4 is 4.72 Å². The van der Waals surface area contributed by atoms with Crippen molar-refractivity contribution in [3.63, 3.8) is 0 Å². The molecule has 0 bridgehead atoms. The Balaban J connectivity index is 1.85. The highest BCUT2D eigenvalue weighted by Gasteiger charge is 2.27. The maximum atomic E-state index is 12.8. The monoisotopic (exact) mass is 468 g/mol. The summed E-state index contributed by atoms with van der Waals surface area (Å²) in [7, 11) is -7.87. The number of ether oxygens (including phenoxy) is 1. The zero-order valence-electron chi connectivity index (χ0n) is 16.9. The van der Waals surface area contributed by atoms with Crippen LogP contribution in [0.15, 0.2) is 52.3 Å². The predicted octanol–water partition coefficient (Wildman–Crippen LogP) is 2.16. The van der Waals surface area contributed by atoms with Crippen molar-refractivity contribution in [3.8, 4) is 0 Å². The van der Waals surface area contributed by atoms with Crippen LogP contribution in [0.2, 0.25) is 0 Å². The standard InChI is InChI=1S/C20H24N2O7S2/c1-2-3-15-4-9-19(18(14-15)20(23)24)21-30(25,26)16-5-7-17(8-6-16)31(27,28)22-10-12-29-13-11-22/h4-9,14,21H,2-3,10-13H2,1H3,(H,23,24). The highest BCUT2D eigenvalue weighted by Crippen LogP contribution is 2.24. The Hall–Kier alpha value is -2.47. The number of nitrogens with zero attached hydrogens (tertiary/aromatic N) is 1. The van der Waals surface area contributed by atoms with Gasteiger partial charge in [0, 0.05) is 13.1 Å². The minimum Gasteiger partial charge on any atom is -0.478 e. The zero-order chi connectivity index (χ0) is 22.6. The van der Waals surface area contributed by atoms with E-state index in [0.717, 1.165) is 12.0 Å². The smallest absolute Gasteiger partial charge is 0.337 e. The average Bonchev–Trinajstić information content (AvgIpc) is 2.75. The van der Waals surface area contributed by atoms with Crippen molar-refractivity contribution in [3.05, 3.63) is 53.6 Å². The Morgan fingerprint density at radius 2 is 1.65 bits per heavy atom. The Labute approximate surface area is 181 Å². The maximum Gasteiger partial charge on any atom is 0.337 e. The summed E-state index contributed by atoms with van der Waals surface area (Å²) in [4.78, 5) is 11.4. The van der Waals surface area contributed by atoms with Gasteiger partial charge in [0.1, 0.15) is 0 Å². The maximum absolute atomic E-state index is 12.8. The molecule has 0 saturated carbocycles. The van der Waals surface area contributed by atoms with Crippen LogP contribution in [0.1, 0.15) is 29.3 Å². The van der Waals surface area contributed by atoms with E-state index in [1.54, 1.807) is 6.07 Å². The largest absolute Gasteiger partial charge is 0.478 e. The van der Waals surface area contributed by atoms with E-state index >= 15 is 0 Å². The van der Waals surface area contributed by atoms with Gasteiger partial charge in [0.25, 0.3) is 10.0 Å². The van der Waals surface area contributed by atoms with Crippen molar-refractivity contribution >= 4 is 31.7 Å². The molecule has 1 aliphatic rings. The van der Waals surface area contributed by atoms with E-state index in [1.165, 1.54) is 40.7 Å². The Kier molecular flexibility index (Phi) is 6.99. The van der Waals surface area contributed by atoms with Crippen molar-refractivity contribution in [1.82, 2.24) is 4.31 Å². The van der Waals surface area contributed by atoms with Crippen LogP contribution >= 0.6 is 0 Å². The predicted molar refractivity (Wildman–Crippen MR) is 114 cm³/mol. The van der Waals surface area contributed by atoms with Gasteiger partial charge in [0.2, 0.25) is 10.0 Å². The molecule has 9 nitrogen and oxygen atoms in total. The molecule has 3 rings (SSSR count). The van der Waals surface area contributed by atoms with Gasteiger partial charge in [0.05, 0.1) is 34.3 Å². The number of carboxylic acid groups (broad SMARTS) is 1. The van der Waals surface area contributed by atoms with Crippen LogP contribution in [0.5, 0.6) is 0 Å². The van der Waals surface area contributed by atoms with E-state index in [4.69, 9.17) is 4.74 Å². The van der Waals surface area contributed by atoms with Gasteiger partial charge in [-0.15, -0.1) is 0 Å². The third-order valence-corrected chi connectivity index (χ3v) is 8.13. The molecule has 2 N–H and O–H groups in total.